The zero-order chi connectivity index (χ0) is 6.57. The van der Waals surface area contributed by atoms with Gasteiger partial charge >= 0.3 is 0 Å². The van der Waals surface area contributed by atoms with Crippen LogP contribution >= 0.6 is 11.6 Å². The van der Waals surface area contributed by atoms with Crippen LogP contribution in [0.25, 0.3) is 0 Å². The molecule has 0 spiro atoms. The number of halogens is 2. The van der Waals surface area contributed by atoms with E-state index in [9.17, 15) is 4.39 Å². The lowest BCUT2D eigenvalue weighted by atomic mass is 10.3. The van der Waals surface area contributed by atoms with Gasteiger partial charge in [-0.1, -0.05) is 24.3 Å². The molecular formula is C6H8ClF. The van der Waals surface area contributed by atoms with Crippen LogP contribution in [0.1, 0.15) is 13.3 Å². The highest BCUT2D eigenvalue weighted by molar-refractivity contribution is 6.29. The van der Waals surface area contributed by atoms with Gasteiger partial charge in [0, 0.05) is 11.5 Å². The molecule has 0 nitrogen and oxygen atoms in total. The van der Waals surface area contributed by atoms with E-state index in [-0.39, 0.29) is 12.2 Å². The van der Waals surface area contributed by atoms with E-state index in [0.29, 0.717) is 5.03 Å². The van der Waals surface area contributed by atoms with E-state index in [0.717, 1.165) is 0 Å². The van der Waals surface area contributed by atoms with Crippen molar-refractivity contribution in [2.75, 3.05) is 0 Å². The van der Waals surface area contributed by atoms with Gasteiger partial charge in [-0.3, -0.25) is 0 Å². The molecule has 0 bridgehead atoms. The summed E-state index contributed by atoms with van der Waals surface area (Å²) in [5, 5.41) is 0.334. The Balaban J connectivity index is 3.56. The number of rotatable bonds is 2. The summed E-state index contributed by atoms with van der Waals surface area (Å²) in [7, 11) is 0. The van der Waals surface area contributed by atoms with Crippen LogP contribution < -0.4 is 0 Å². The third kappa shape index (κ3) is 3.88. The highest BCUT2D eigenvalue weighted by Gasteiger charge is 1.92. The first kappa shape index (κ1) is 7.70. The van der Waals surface area contributed by atoms with Crippen molar-refractivity contribution >= 4 is 11.6 Å². The topological polar surface area (TPSA) is 0 Å². The normalized spacial score (nSPS) is 11.6. The summed E-state index contributed by atoms with van der Waals surface area (Å²) < 4.78 is 12.1. The van der Waals surface area contributed by atoms with Crippen LogP contribution in [0.3, 0.4) is 0 Å². The van der Waals surface area contributed by atoms with Gasteiger partial charge in [-0.05, 0) is 6.92 Å². The molecule has 0 N–H and O–H groups in total. The van der Waals surface area contributed by atoms with Crippen molar-refractivity contribution in [3.8, 4) is 0 Å². The van der Waals surface area contributed by atoms with Crippen molar-refractivity contribution in [3.05, 3.63) is 23.5 Å². The molecule has 0 aliphatic rings. The van der Waals surface area contributed by atoms with Crippen molar-refractivity contribution in [3.63, 3.8) is 0 Å². The van der Waals surface area contributed by atoms with E-state index in [1.807, 2.05) is 0 Å². The van der Waals surface area contributed by atoms with Gasteiger partial charge in [0.2, 0.25) is 0 Å². The lowest BCUT2D eigenvalue weighted by molar-refractivity contribution is 0.614. The molecule has 0 amide bonds. The van der Waals surface area contributed by atoms with Crippen LogP contribution in [-0.2, 0) is 0 Å². The molecule has 0 saturated carbocycles. The largest absolute Gasteiger partial charge is 0.212 e. The number of hydrogen-bond donors (Lipinski definition) is 0. The van der Waals surface area contributed by atoms with Crippen LogP contribution in [0.2, 0.25) is 0 Å². The van der Waals surface area contributed by atoms with E-state index in [4.69, 9.17) is 11.6 Å². The monoisotopic (exact) mass is 134 g/mol. The third-order valence-electron chi connectivity index (χ3n) is 0.674. The van der Waals surface area contributed by atoms with Gasteiger partial charge in [-0.25, -0.2) is 4.39 Å². The first-order valence-electron chi connectivity index (χ1n) is 2.30. The fraction of sp³-hybridized carbons (Fsp3) is 0.333. The first-order valence-corrected chi connectivity index (χ1v) is 2.68. The molecule has 0 rings (SSSR count). The Morgan fingerprint density at radius 3 is 2.50 bits per heavy atom. The fourth-order valence-corrected chi connectivity index (χ4v) is 0.413. The maximum absolute atomic E-state index is 12.1. The summed E-state index contributed by atoms with van der Waals surface area (Å²) >= 11 is 5.28. The SMILES string of the molecule is C=C(Cl)C/C(F)=C\C. The summed E-state index contributed by atoms with van der Waals surface area (Å²) in [5.41, 5.74) is 0. The molecule has 0 fully saturated rings. The lowest BCUT2D eigenvalue weighted by Gasteiger charge is -1.89. The lowest BCUT2D eigenvalue weighted by Crippen LogP contribution is -1.70. The molecule has 0 aromatic carbocycles. The summed E-state index contributed by atoms with van der Waals surface area (Å²) in [6, 6.07) is 0. The Hall–Kier alpha value is -0.300. The molecule has 0 aromatic heterocycles. The van der Waals surface area contributed by atoms with Gasteiger partial charge < -0.3 is 0 Å². The maximum atomic E-state index is 12.1. The molecule has 46 valence electrons. The molecule has 2 heteroatoms. The molecule has 0 saturated heterocycles. The second-order valence-corrected chi connectivity index (χ2v) is 1.96. The van der Waals surface area contributed by atoms with Crippen molar-refractivity contribution in [2.45, 2.75) is 13.3 Å². The van der Waals surface area contributed by atoms with Gasteiger partial charge in [-0.15, -0.1) is 0 Å². The Kier molecular flexibility index (Phi) is 3.53. The van der Waals surface area contributed by atoms with Gasteiger partial charge in [0.1, 0.15) is 5.83 Å². The van der Waals surface area contributed by atoms with Crippen molar-refractivity contribution in [2.24, 2.45) is 0 Å². The van der Waals surface area contributed by atoms with Crippen LogP contribution in [-0.4, -0.2) is 0 Å². The fourth-order valence-electron chi connectivity index (χ4n) is 0.285. The maximum Gasteiger partial charge on any atom is 0.101 e. The van der Waals surface area contributed by atoms with Crippen LogP contribution in [0.4, 0.5) is 4.39 Å². The number of allylic oxidation sites excluding steroid dienone is 3. The summed E-state index contributed by atoms with van der Waals surface area (Å²) in [4.78, 5) is 0. The van der Waals surface area contributed by atoms with Crippen LogP contribution in [0, 0.1) is 0 Å². The molecule has 0 heterocycles. The molecule has 0 atom stereocenters. The first-order chi connectivity index (χ1) is 3.66. The van der Waals surface area contributed by atoms with Crippen LogP contribution in [0.5, 0.6) is 0 Å². The predicted octanol–water partition coefficient (Wildman–Crippen LogP) is 3.00. The van der Waals surface area contributed by atoms with Gasteiger partial charge in [0.15, 0.2) is 0 Å². The average molecular weight is 135 g/mol. The molecule has 0 aliphatic heterocycles. The second kappa shape index (κ2) is 3.67. The molecule has 8 heavy (non-hydrogen) atoms. The molecular weight excluding hydrogens is 127 g/mol. The Bertz CT molecular complexity index is 116. The highest BCUT2D eigenvalue weighted by atomic mass is 35.5. The van der Waals surface area contributed by atoms with E-state index >= 15 is 0 Å². The summed E-state index contributed by atoms with van der Waals surface area (Å²) in [6.45, 7) is 4.95. The van der Waals surface area contributed by atoms with Crippen LogP contribution in [0.15, 0.2) is 23.5 Å². The van der Waals surface area contributed by atoms with Crippen molar-refractivity contribution < 1.29 is 4.39 Å². The van der Waals surface area contributed by atoms with Gasteiger partial charge in [-0.2, -0.15) is 0 Å². The zero-order valence-electron chi connectivity index (χ0n) is 4.75. The van der Waals surface area contributed by atoms with E-state index in [2.05, 4.69) is 6.58 Å². The molecule has 0 aliphatic carbocycles. The van der Waals surface area contributed by atoms with E-state index in [1.54, 1.807) is 6.92 Å². The highest BCUT2D eigenvalue weighted by Crippen LogP contribution is 2.12. The molecule has 0 radical (unpaired) electrons. The summed E-state index contributed by atoms with van der Waals surface area (Å²) in [5.74, 6) is -0.231. The molecule has 0 aromatic rings. The standard InChI is InChI=1S/C6H8ClF/c1-3-6(8)4-5(2)7/h3H,2,4H2,1H3/b6-3+. The predicted molar refractivity (Wildman–Crippen MR) is 34.5 cm³/mol. The van der Waals surface area contributed by atoms with Gasteiger partial charge in [0.25, 0.3) is 0 Å². The second-order valence-electron chi connectivity index (χ2n) is 1.43. The molecule has 0 unspecified atom stereocenters. The van der Waals surface area contributed by atoms with Crippen molar-refractivity contribution in [1.29, 1.82) is 0 Å². The van der Waals surface area contributed by atoms with E-state index in [1.165, 1.54) is 6.08 Å². The minimum absolute atomic E-state index is 0.151. The smallest absolute Gasteiger partial charge is 0.101 e. The Morgan fingerprint density at radius 1 is 1.88 bits per heavy atom. The van der Waals surface area contributed by atoms with Gasteiger partial charge in [0.05, 0.1) is 0 Å². The van der Waals surface area contributed by atoms with Crippen molar-refractivity contribution in [1.82, 2.24) is 0 Å². The zero-order valence-corrected chi connectivity index (χ0v) is 5.50. The quantitative estimate of drug-likeness (QED) is 0.545. The Morgan fingerprint density at radius 2 is 2.38 bits per heavy atom. The average Bonchev–Trinajstić information content (AvgIpc) is 1.65. The Labute approximate surface area is 53.7 Å². The summed E-state index contributed by atoms with van der Waals surface area (Å²) in [6.07, 6.45) is 1.52. The minimum atomic E-state index is -0.231. The minimum Gasteiger partial charge on any atom is -0.212 e. The number of hydrogen-bond acceptors (Lipinski definition) is 0. The van der Waals surface area contributed by atoms with E-state index < -0.39 is 0 Å². The third-order valence-corrected chi connectivity index (χ3v) is 0.808.